The quantitative estimate of drug-likeness (QED) is 0.159. The zero-order valence-corrected chi connectivity index (χ0v) is 49.3. The molecule has 3 aliphatic rings. The van der Waals surface area contributed by atoms with Crippen molar-refractivity contribution in [1.29, 1.82) is 0 Å². The monoisotopic (exact) mass is 1020 g/mol. The van der Waals surface area contributed by atoms with Crippen LogP contribution in [0.5, 0.6) is 0 Å². The van der Waals surface area contributed by atoms with E-state index in [0.29, 0.717) is 0 Å². The first-order chi connectivity index (χ1) is 36.4. The minimum absolute atomic E-state index is 0.0316. The average molecular weight is 1020 g/mol. The number of nitrogens with zero attached hydrogens (tertiary/aromatic N) is 2. The van der Waals surface area contributed by atoms with Crippen LogP contribution in [-0.4, -0.2) is 14.8 Å². The number of hydrogen-bond donors (Lipinski definition) is 0. The van der Waals surface area contributed by atoms with Crippen molar-refractivity contribution in [3.05, 3.63) is 221 Å². The molecule has 2 nitrogen and oxygen atoms in total. The van der Waals surface area contributed by atoms with Crippen molar-refractivity contribution >= 4 is 86.0 Å². The highest BCUT2D eigenvalue weighted by atomic mass is 28.3. The van der Waals surface area contributed by atoms with Gasteiger partial charge in [-0.2, -0.15) is 0 Å². The number of rotatable bonds is 5. The lowest BCUT2D eigenvalue weighted by atomic mass is 9.33. The lowest BCUT2D eigenvalue weighted by Gasteiger charge is -2.46. The summed E-state index contributed by atoms with van der Waals surface area (Å²) in [6.07, 6.45) is 0. The minimum Gasteiger partial charge on any atom is -0.311 e. The number of benzene rings is 9. The maximum absolute atomic E-state index is 3.02. The first kappa shape index (κ1) is 50.7. The van der Waals surface area contributed by atoms with E-state index in [2.05, 4.69) is 296 Å². The van der Waals surface area contributed by atoms with Gasteiger partial charge in [0, 0.05) is 34.0 Å². The Morgan fingerprint density at radius 3 is 1.47 bits per heavy atom. The Bertz CT molecular complexity index is 3770. The molecule has 3 heterocycles. The standard InChI is InChI=1S/C73H75BN2Si/c1-46-24-31-55(32-25-46)77(56-33-26-47(2)27-34-56)67-43-53(73(13,14)15)28-35-57(67)59-44-64-61(45-68(59)77)74-60-36-29-52(72(10,11)12)42-63(60)75(54-23-19-22-50(40-54)70(4,5)6)65-38-48(3)39-66(69(65)74)76(64)62-37-30-51(71(7,8)9)41-58(62)49-20-17-16-18-21-49/h16-45H,1-15H3. The molecule has 0 amide bonds. The Hall–Kier alpha value is -7.14. The van der Waals surface area contributed by atoms with Gasteiger partial charge >= 0.3 is 0 Å². The lowest BCUT2D eigenvalue weighted by Crippen LogP contribution is -2.73. The maximum atomic E-state index is 2.75. The smallest absolute Gasteiger partial charge is 0.252 e. The molecule has 0 aromatic heterocycles. The van der Waals surface area contributed by atoms with Crippen LogP contribution < -0.4 is 46.9 Å². The van der Waals surface area contributed by atoms with Crippen LogP contribution in [0.1, 0.15) is 122 Å². The van der Waals surface area contributed by atoms with Gasteiger partial charge in [-0.3, -0.25) is 0 Å². The van der Waals surface area contributed by atoms with Crippen molar-refractivity contribution in [3.63, 3.8) is 0 Å². The third-order valence-electron chi connectivity index (χ3n) is 17.3. The van der Waals surface area contributed by atoms with Gasteiger partial charge in [0.05, 0.1) is 5.69 Å². The predicted octanol–water partition coefficient (Wildman–Crippen LogP) is 14.9. The van der Waals surface area contributed by atoms with E-state index in [1.807, 2.05) is 0 Å². The molecular formula is C73H75BN2Si. The van der Waals surface area contributed by atoms with Crippen molar-refractivity contribution in [3.8, 4) is 22.3 Å². The lowest BCUT2D eigenvalue weighted by molar-refractivity contribution is 0.590. The molecule has 0 spiro atoms. The Morgan fingerprint density at radius 1 is 0.338 bits per heavy atom. The third kappa shape index (κ3) is 8.19. The Labute approximate surface area is 462 Å². The summed E-state index contributed by atoms with van der Waals surface area (Å²) in [6, 6.07) is 72.5. The minimum atomic E-state index is -3.02. The molecule has 0 bridgehead atoms. The Kier molecular flexibility index (Phi) is 11.6. The fourth-order valence-corrected chi connectivity index (χ4v) is 18.1. The highest BCUT2D eigenvalue weighted by Gasteiger charge is 2.52. The van der Waals surface area contributed by atoms with Crippen LogP contribution in [0.2, 0.25) is 0 Å². The van der Waals surface area contributed by atoms with Crippen molar-refractivity contribution in [1.82, 2.24) is 0 Å². The molecule has 0 atom stereocenters. The zero-order valence-electron chi connectivity index (χ0n) is 48.3. The average Bonchev–Trinajstić information content (AvgIpc) is 3.90. The van der Waals surface area contributed by atoms with E-state index in [1.165, 1.54) is 132 Å². The summed E-state index contributed by atoms with van der Waals surface area (Å²) in [5, 5.41) is 5.81. The summed E-state index contributed by atoms with van der Waals surface area (Å²) < 4.78 is 0. The van der Waals surface area contributed by atoms with E-state index in [-0.39, 0.29) is 28.4 Å². The molecule has 9 aromatic rings. The topological polar surface area (TPSA) is 6.48 Å². The molecule has 0 saturated carbocycles. The van der Waals surface area contributed by atoms with Gasteiger partial charge in [-0.25, -0.2) is 0 Å². The van der Waals surface area contributed by atoms with Gasteiger partial charge in [0.1, 0.15) is 0 Å². The van der Waals surface area contributed by atoms with Gasteiger partial charge in [-0.15, -0.1) is 0 Å². The number of aryl methyl sites for hydroxylation is 3. The van der Waals surface area contributed by atoms with Crippen LogP contribution in [0.4, 0.5) is 34.1 Å². The van der Waals surface area contributed by atoms with E-state index < -0.39 is 8.07 Å². The van der Waals surface area contributed by atoms with Crippen LogP contribution >= 0.6 is 0 Å². The van der Waals surface area contributed by atoms with Gasteiger partial charge in [-0.1, -0.05) is 228 Å². The second-order valence-corrected chi connectivity index (χ2v) is 30.7. The van der Waals surface area contributed by atoms with Gasteiger partial charge in [0.25, 0.3) is 6.71 Å². The summed E-state index contributed by atoms with van der Waals surface area (Å²) in [5.74, 6) is 0. The zero-order chi connectivity index (χ0) is 54.3. The van der Waals surface area contributed by atoms with Gasteiger partial charge in [-0.05, 0) is 173 Å². The first-order valence-corrected chi connectivity index (χ1v) is 30.1. The molecule has 9 aromatic carbocycles. The molecule has 384 valence electrons. The molecule has 0 radical (unpaired) electrons. The Morgan fingerprint density at radius 2 is 0.857 bits per heavy atom. The van der Waals surface area contributed by atoms with E-state index in [0.717, 1.165) is 0 Å². The van der Waals surface area contributed by atoms with E-state index in [9.17, 15) is 0 Å². The van der Waals surface area contributed by atoms with E-state index in [4.69, 9.17) is 0 Å². The predicted molar refractivity (Wildman–Crippen MR) is 338 cm³/mol. The van der Waals surface area contributed by atoms with Gasteiger partial charge in [0.2, 0.25) is 0 Å². The molecule has 0 fully saturated rings. The summed E-state index contributed by atoms with van der Waals surface area (Å²) in [4.78, 5) is 5.31. The fourth-order valence-electron chi connectivity index (χ4n) is 13.0. The SMILES string of the molecule is Cc1ccc([Si]2(c3ccc(C)cc3)c3cc(C(C)(C)C)ccc3-c3cc4c(cc32)B2c3ccc(C(C)(C)C)cc3N(c3cccc(C(C)(C)C)c3)c3cc(C)cc(c32)N4c2ccc(C(C)(C)C)cc2-c2ccccc2)cc1. The summed E-state index contributed by atoms with van der Waals surface area (Å²) in [6.45, 7) is 34.9. The molecular weight excluding hydrogens is 944 g/mol. The molecule has 3 aliphatic heterocycles. The molecule has 0 unspecified atom stereocenters. The van der Waals surface area contributed by atoms with Crippen molar-refractivity contribution < 1.29 is 0 Å². The van der Waals surface area contributed by atoms with Crippen molar-refractivity contribution in [2.75, 3.05) is 9.80 Å². The van der Waals surface area contributed by atoms with Gasteiger partial charge in [0.15, 0.2) is 8.07 Å². The third-order valence-corrected chi connectivity index (χ3v) is 22.2. The van der Waals surface area contributed by atoms with Crippen molar-refractivity contribution in [2.45, 2.75) is 126 Å². The van der Waals surface area contributed by atoms with Crippen LogP contribution in [0, 0.1) is 20.8 Å². The van der Waals surface area contributed by atoms with Crippen molar-refractivity contribution in [2.24, 2.45) is 0 Å². The van der Waals surface area contributed by atoms with Crippen LogP contribution in [-0.2, 0) is 21.7 Å². The molecule has 12 rings (SSSR count). The molecule has 0 N–H and O–H groups in total. The van der Waals surface area contributed by atoms with E-state index >= 15 is 0 Å². The number of hydrogen-bond acceptors (Lipinski definition) is 2. The second kappa shape index (κ2) is 17.7. The number of fused-ring (bicyclic) bond motifs is 7. The summed E-state index contributed by atoms with van der Waals surface area (Å²) >= 11 is 0. The summed E-state index contributed by atoms with van der Waals surface area (Å²) in [7, 11) is -3.02. The van der Waals surface area contributed by atoms with Gasteiger partial charge < -0.3 is 9.80 Å². The van der Waals surface area contributed by atoms with Crippen LogP contribution in [0.3, 0.4) is 0 Å². The molecule has 0 saturated heterocycles. The van der Waals surface area contributed by atoms with Crippen LogP contribution in [0.15, 0.2) is 182 Å². The molecule has 4 heteroatoms. The second-order valence-electron chi connectivity index (χ2n) is 26.9. The largest absolute Gasteiger partial charge is 0.311 e. The van der Waals surface area contributed by atoms with Crippen LogP contribution in [0.25, 0.3) is 22.3 Å². The highest BCUT2D eigenvalue weighted by Crippen LogP contribution is 2.49. The fraction of sp³-hybridized carbons (Fsp3) is 0.260. The Balaban J connectivity index is 1.26. The maximum Gasteiger partial charge on any atom is 0.252 e. The highest BCUT2D eigenvalue weighted by molar-refractivity contribution is 7.22. The normalized spacial score (nSPS) is 14.5. The van der Waals surface area contributed by atoms with E-state index in [1.54, 1.807) is 0 Å². The molecule has 0 aliphatic carbocycles. The molecule has 77 heavy (non-hydrogen) atoms. The first-order valence-electron chi connectivity index (χ1n) is 28.1. The summed E-state index contributed by atoms with van der Waals surface area (Å²) in [5.41, 5.74) is 25.5. The number of anilines is 6.